The maximum Gasteiger partial charge on any atom is 0.226 e. The van der Waals surface area contributed by atoms with Crippen LogP contribution in [0.3, 0.4) is 0 Å². The highest BCUT2D eigenvalue weighted by molar-refractivity contribution is 5.85. The minimum Gasteiger partial charge on any atom is -0.492 e. The van der Waals surface area contributed by atoms with Gasteiger partial charge in [-0.15, -0.1) is 0 Å². The molecule has 3 heterocycles. The Balaban J connectivity index is 0.00000176. The third kappa shape index (κ3) is 5.74. The molecule has 3 aliphatic heterocycles. The molecule has 2 N–H and O–H groups in total. The van der Waals surface area contributed by atoms with Gasteiger partial charge in [-0.05, 0) is 57.3 Å². The second-order valence-electron chi connectivity index (χ2n) is 8.63. The van der Waals surface area contributed by atoms with E-state index in [1.165, 1.54) is 11.1 Å². The van der Waals surface area contributed by atoms with Gasteiger partial charge in [0.2, 0.25) is 12.3 Å². The zero-order valence-electron chi connectivity index (χ0n) is 19.6. The van der Waals surface area contributed by atoms with Crippen LogP contribution in [0.25, 0.3) is 0 Å². The summed E-state index contributed by atoms with van der Waals surface area (Å²) < 4.78 is 6.29. The summed E-state index contributed by atoms with van der Waals surface area (Å²) in [4.78, 5) is 37.3. The molecule has 8 nitrogen and oxygen atoms in total. The molecule has 0 radical (unpaired) electrons. The summed E-state index contributed by atoms with van der Waals surface area (Å²) >= 11 is 0. The molecule has 2 amide bonds. The van der Waals surface area contributed by atoms with E-state index in [2.05, 4.69) is 41.6 Å². The zero-order chi connectivity index (χ0) is 23.7. The Morgan fingerprint density at radius 3 is 2.56 bits per heavy atom. The number of aldehydes is 1. The number of piperidine rings is 1. The molecule has 0 aliphatic carbocycles. The molecule has 3 fully saturated rings. The molecule has 3 aliphatic rings. The van der Waals surface area contributed by atoms with Gasteiger partial charge in [0.05, 0.1) is 13.2 Å². The van der Waals surface area contributed by atoms with Gasteiger partial charge >= 0.3 is 0 Å². The van der Waals surface area contributed by atoms with Crippen molar-refractivity contribution in [2.45, 2.75) is 45.6 Å². The molecule has 1 atom stereocenters. The van der Waals surface area contributed by atoms with Crippen molar-refractivity contribution < 1.29 is 24.2 Å². The minimum atomic E-state index is -0.244. The Labute approximate surface area is 191 Å². The van der Waals surface area contributed by atoms with Crippen LogP contribution in [0.15, 0.2) is 35.1 Å². The topological polar surface area (TPSA) is 99.2 Å². The van der Waals surface area contributed by atoms with Crippen LogP contribution in [0.5, 0.6) is 0 Å². The summed E-state index contributed by atoms with van der Waals surface area (Å²) in [5.74, 6) is 0.742. The number of hydrogen-bond acceptors (Lipinski definition) is 7. The lowest BCUT2D eigenvalue weighted by Gasteiger charge is -2.38. The van der Waals surface area contributed by atoms with Crippen molar-refractivity contribution in [2.24, 2.45) is 5.41 Å². The number of hydrogen-bond donors (Lipinski definition) is 2. The summed E-state index contributed by atoms with van der Waals surface area (Å²) in [7, 11) is 1.00. The predicted molar refractivity (Wildman–Crippen MR) is 123 cm³/mol. The van der Waals surface area contributed by atoms with Crippen molar-refractivity contribution in [1.82, 2.24) is 15.1 Å². The lowest BCUT2D eigenvalue weighted by Crippen LogP contribution is -2.41. The van der Waals surface area contributed by atoms with Crippen LogP contribution in [0.2, 0.25) is 0 Å². The summed E-state index contributed by atoms with van der Waals surface area (Å²) in [6.07, 6.45) is 6.60. The van der Waals surface area contributed by atoms with Crippen molar-refractivity contribution in [1.29, 1.82) is 0 Å². The number of nitrogens with one attached hydrogen (secondary N) is 1. The van der Waals surface area contributed by atoms with Crippen LogP contribution < -0.4 is 5.32 Å². The number of nitrogens with zero attached hydrogens (tertiary/aromatic N) is 2. The molecular formula is C24H37N3O5. The standard InChI is InChI=1S/C23H33N3O4.CH4O/c1-4-20-22(30-15-23(20)7-9-25(10-8-23)11-12-27)19-14-26(13-17(19)2)18(3)5-6-21(29)24-16-28;1-2/h4,12,16,18H,2,5-11,13-15H2,1,3H3,(H,24,28,29);2H,1H3/b20-4+,22-19+;. The van der Waals surface area contributed by atoms with Crippen LogP contribution in [-0.4, -0.2) is 86.0 Å². The SMILES string of the molecule is C=C1CN(C(C)CCC(=O)NC=O)C/C1=C1\OCC2(CCN(CC=O)CC2)\C1=C\C.CO. The van der Waals surface area contributed by atoms with Crippen LogP contribution >= 0.6 is 0 Å². The van der Waals surface area contributed by atoms with Gasteiger partial charge < -0.3 is 14.6 Å². The molecule has 1 spiro atoms. The summed E-state index contributed by atoms with van der Waals surface area (Å²) in [5.41, 5.74) is 3.55. The van der Waals surface area contributed by atoms with E-state index in [-0.39, 0.29) is 17.4 Å². The number of carbonyl (C=O) groups is 3. The molecule has 3 saturated heterocycles. The quantitative estimate of drug-likeness (QED) is 0.570. The highest BCUT2D eigenvalue weighted by Crippen LogP contribution is 2.50. The van der Waals surface area contributed by atoms with Gasteiger partial charge in [0, 0.05) is 43.7 Å². The summed E-state index contributed by atoms with van der Waals surface area (Å²) in [6.45, 7) is 13.0. The number of imide groups is 1. The van der Waals surface area contributed by atoms with E-state index in [4.69, 9.17) is 9.84 Å². The molecule has 0 bridgehead atoms. The smallest absolute Gasteiger partial charge is 0.226 e. The molecular weight excluding hydrogens is 410 g/mol. The largest absolute Gasteiger partial charge is 0.492 e. The third-order valence-corrected chi connectivity index (χ3v) is 6.83. The lowest BCUT2D eigenvalue weighted by molar-refractivity contribution is -0.125. The number of allylic oxidation sites excluding steroid dienone is 2. The number of aliphatic hydroxyl groups is 1. The van der Waals surface area contributed by atoms with Crippen molar-refractivity contribution in [3.05, 3.63) is 35.1 Å². The van der Waals surface area contributed by atoms with E-state index >= 15 is 0 Å². The molecule has 0 aromatic heterocycles. The van der Waals surface area contributed by atoms with Gasteiger partial charge in [-0.25, -0.2) is 0 Å². The van der Waals surface area contributed by atoms with Crippen LogP contribution in [-0.2, 0) is 19.1 Å². The molecule has 0 aromatic rings. The highest BCUT2D eigenvalue weighted by atomic mass is 16.5. The van der Waals surface area contributed by atoms with Gasteiger partial charge in [0.25, 0.3) is 0 Å². The number of aliphatic hydroxyl groups excluding tert-OH is 1. The van der Waals surface area contributed by atoms with Crippen molar-refractivity contribution in [3.63, 3.8) is 0 Å². The fourth-order valence-electron chi connectivity index (χ4n) is 4.89. The molecule has 8 heteroatoms. The first-order chi connectivity index (χ1) is 15.4. The second kappa shape index (κ2) is 12.1. The molecule has 1 unspecified atom stereocenters. The van der Waals surface area contributed by atoms with E-state index in [0.717, 1.165) is 63.7 Å². The molecule has 178 valence electrons. The van der Waals surface area contributed by atoms with E-state index in [0.29, 0.717) is 32.4 Å². The average Bonchev–Trinajstić information content (AvgIpc) is 3.35. The maximum absolute atomic E-state index is 11.6. The second-order valence-corrected chi connectivity index (χ2v) is 8.63. The predicted octanol–water partition coefficient (Wildman–Crippen LogP) is 1.42. The number of likely N-dealkylation sites (tertiary alicyclic amines) is 2. The van der Waals surface area contributed by atoms with Crippen LogP contribution in [0.1, 0.15) is 39.5 Å². The van der Waals surface area contributed by atoms with E-state index in [9.17, 15) is 14.4 Å². The van der Waals surface area contributed by atoms with Gasteiger partial charge in [-0.3, -0.25) is 24.7 Å². The third-order valence-electron chi connectivity index (χ3n) is 6.83. The van der Waals surface area contributed by atoms with Crippen molar-refractivity contribution in [2.75, 3.05) is 46.4 Å². The van der Waals surface area contributed by atoms with Crippen molar-refractivity contribution >= 4 is 18.6 Å². The first kappa shape index (κ1) is 26.0. The Morgan fingerprint density at radius 1 is 1.28 bits per heavy atom. The van der Waals surface area contributed by atoms with E-state index < -0.39 is 0 Å². The van der Waals surface area contributed by atoms with Gasteiger partial charge in [-0.1, -0.05) is 12.7 Å². The lowest BCUT2D eigenvalue weighted by atomic mass is 9.73. The van der Waals surface area contributed by atoms with Crippen LogP contribution in [0, 0.1) is 5.41 Å². The normalized spacial score (nSPS) is 25.2. The Kier molecular flexibility index (Phi) is 9.81. The first-order valence-electron chi connectivity index (χ1n) is 11.2. The first-order valence-corrected chi connectivity index (χ1v) is 11.2. The number of rotatable bonds is 7. The molecule has 0 saturated carbocycles. The summed E-state index contributed by atoms with van der Waals surface area (Å²) in [6, 6.07) is 0.202. The Bertz CT molecular complexity index is 766. The minimum absolute atomic E-state index is 0.0305. The molecule has 0 aromatic carbocycles. The van der Waals surface area contributed by atoms with E-state index in [1.54, 1.807) is 0 Å². The van der Waals surface area contributed by atoms with Gasteiger partial charge in [0.1, 0.15) is 12.0 Å². The Hall–Kier alpha value is -2.29. The zero-order valence-corrected chi connectivity index (χ0v) is 19.6. The number of amides is 2. The van der Waals surface area contributed by atoms with Gasteiger partial charge in [0.15, 0.2) is 0 Å². The number of carbonyl (C=O) groups excluding carboxylic acids is 3. The number of ether oxygens (including phenoxy) is 1. The molecule has 3 rings (SSSR count). The summed E-state index contributed by atoms with van der Waals surface area (Å²) in [5, 5.41) is 9.20. The monoisotopic (exact) mass is 447 g/mol. The van der Waals surface area contributed by atoms with Crippen molar-refractivity contribution in [3.8, 4) is 0 Å². The average molecular weight is 448 g/mol. The molecule has 32 heavy (non-hydrogen) atoms. The maximum atomic E-state index is 11.6. The van der Waals surface area contributed by atoms with Gasteiger partial charge in [-0.2, -0.15) is 0 Å². The Morgan fingerprint density at radius 2 is 1.97 bits per heavy atom. The fourth-order valence-corrected chi connectivity index (χ4v) is 4.89. The highest BCUT2D eigenvalue weighted by Gasteiger charge is 2.46. The van der Waals surface area contributed by atoms with E-state index in [1.807, 2.05) is 0 Å². The fraction of sp³-hybridized carbons (Fsp3) is 0.625. The van der Waals surface area contributed by atoms with Crippen LogP contribution in [0.4, 0.5) is 0 Å².